The summed E-state index contributed by atoms with van der Waals surface area (Å²) in [5, 5.41) is 13.9. The second-order valence-corrected chi connectivity index (χ2v) is 3.07. The number of carbonyl (C=O) groups excluding carboxylic acids is 1. The number of hydrogen-bond donors (Lipinski definition) is 2. The van der Waals surface area contributed by atoms with E-state index in [1.54, 1.807) is 5.59 Å². The van der Waals surface area contributed by atoms with Gasteiger partial charge in [0.15, 0.2) is 5.02 Å². The van der Waals surface area contributed by atoms with Crippen molar-refractivity contribution in [1.82, 2.24) is 15.4 Å². The molecule has 0 fully saturated rings. The Morgan fingerprint density at radius 2 is 2.50 bits per heavy atom. The zero-order valence-electron chi connectivity index (χ0n) is 7.92. The minimum absolute atomic E-state index is 0.0423. The van der Waals surface area contributed by atoms with Crippen molar-refractivity contribution in [2.75, 3.05) is 0 Å². The van der Waals surface area contributed by atoms with Gasteiger partial charge in [0, 0.05) is 0 Å². The molecule has 9 nitrogen and oxygen atoms in total. The van der Waals surface area contributed by atoms with Crippen LogP contribution < -0.4 is 11.4 Å². The molecule has 0 amide bonds. The van der Waals surface area contributed by atoms with Crippen LogP contribution in [0.4, 0.5) is 5.82 Å². The summed E-state index contributed by atoms with van der Waals surface area (Å²) in [6, 6.07) is 0. The summed E-state index contributed by atoms with van der Waals surface area (Å²) in [5.74, 6) is 3.67. The first-order valence-corrected chi connectivity index (χ1v) is 4.45. The summed E-state index contributed by atoms with van der Waals surface area (Å²) < 4.78 is 1.18. The summed E-state index contributed by atoms with van der Waals surface area (Å²) in [4.78, 5) is 24.8. The van der Waals surface area contributed by atoms with Gasteiger partial charge in [-0.2, -0.15) is 4.68 Å². The summed E-state index contributed by atoms with van der Waals surface area (Å²) in [7, 11) is 0. The van der Waals surface area contributed by atoms with Crippen LogP contribution in [-0.4, -0.2) is 20.7 Å². The van der Waals surface area contributed by atoms with Crippen LogP contribution in [0.2, 0.25) is 5.02 Å². The van der Waals surface area contributed by atoms with Crippen LogP contribution in [0, 0.1) is 10.1 Å². The molecule has 0 unspecified atom stereocenters. The average Bonchev–Trinajstić information content (AvgIpc) is 2.57. The first kappa shape index (κ1) is 12.4. The van der Waals surface area contributed by atoms with E-state index in [1.165, 1.54) is 10.9 Å². The number of nitrogens with two attached hydrogens (primary N) is 1. The molecule has 0 spiro atoms. The second kappa shape index (κ2) is 5.39. The van der Waals surface area contributed by atoms with Crippen LogP contribution in [0.25, 0.3) is 0 Å². The van der Waals surface area contributed by atoms with E-state index in [2.05, 4.69) is 9.94 Å². The molecule has 1 aromatic heterocycles. The molecule has 16 heavy (non-hydrogen) atoms. The molecule has 0 aliphatic rings. The Balaban J connectivity index is 2.58. The molecule has 0 aliphatic heterocycles. The molecule has 0 saturated carbocycles. The number of aryl methyl sites for hydroxylation is 1. The SMILES string of the molecule is NNOC(=O)CCn1cc(Cl)c([N+](=O)[O-])n1. The fourth-order valence-corrected chi connectivity index (χ4v) is 1.17. The molecule has 88 valence electrons. The molecule has 0 atom stereocenters. The van der Waals surface area contributed by atoms with Crippen LogP contribution >= 0.6 is 11.6 Å². The van der Waals surface area contributed by atoms with Crippen molar-refractivity contribution in [2.45, 2.75) is 13.0 Å². The van der Waals surface area contributed by atoms with Crippen molar-refractivity contribution < 1.29 is 14.6 Å². The Labute approximate surface area is 94.2 Å². The number of rotatable bonds is 5. The Bertz CT molecular complexity index is 406. The maximum absolute atomic E-state index is 10.9. The predicted octanol–water partition coefficient (Wildman–Crippen LogP) is -0.244. The normalized spacial score (nSPS) is 10.1. The Kier molecular flexibility index (Phi) is 4.17. The average molecular weight is 250 g/mol. The van der Waals surface area contributed by atoms with Crippen molar-refractivity contribution in [2.24, 2.45) is 5.84 Å². The molecule has 0 aromatic carbocycles. The van der Waals surface area contributed by atoms with Gasteiger partial charge in [-0.1, -0.05) is 17.2 Å². The van der Waals surface area contributed by atoms with Crippen molar-refractivity contribution >= 4 is 23.4 Å². The first-order valence-electron chi connectivity index (χ1n) is 4.07. The van der Waals surface area contributed by atoms with Gasteiger partial charge in [0.1, 0.15) is 0 Å². The van der Waals surface area contributed by atoms with Crippen LogP contribution in [0.15, 0.2) is 6.20 Å². The number of nitro groups is 1. The van der Waals surface area contributed by atoms with Gasteiger partial charge in [-0.3, -0.25) is 4.79 Å². The number of aromatic nitrogens is 2. The standard InChI is InChI=1S/C6H8ClN5O4/c7-4-3-11(9-6(4)12(14)15)2-1-5(13)16-10-8/h3,10H,1-2,8H2. The zero-order valence-corrected chi connectivity index (χ0v) is 8.68. The van der Waals surface area contributed by atoms with E-state index in [0.717, 1.165) is 0 Å². The highest BCUT2D eigenvalue weighted by atomic mass is 35.5. The monoisotopic (exact) mass is 249 g/mol. The summed E-state index contributed by atoms with van der Waals surface area (Å²) >= 11 is 5.54. The van der Waals surface area contributed by atoms with Gasteiger partial charge in [-0.15, -0.1) is 0 Å². The van der Waals surface area contributed by atoms with Gasteiger partial charge in [-0.05, 0) is 4.92 Å². The smallest absolute Gasteiger partial charge is 0.358 e. The molecular formula is C6H8ClN5O4. The molecule has 1 rings (SSSR count). The maximum atomic E-state index is 10.9. The van der Waals surface area contributed by atoms with Crippen LogP contribution in [0.3, 0.4) is 0 Å². The zero-order chi connectivity index (χ0) is 12.1. The third-order valence-corrected chi connectivity index (χ3v) is 1.86. The Morgan fingerprint density at radius 3 is 3.00 bits per heavy atom. The van der Waals surface area contributed by atoms with E-state index >= 15 is 0 Å². The highest BCUT2D eigenvalue weighted by molar-refractivity contribution is 6.32. The fraction of sp³-hybridized carbons (Fsp3) is 0.333. The van der Waals surface area contributed by atoms with Crippen molar-refractivity contribution in [3.63, 3.8) is 0 Å². The highest BCUT2D eigenvalue weighted by Crippen LogP contribution is 2.21. The summed E-state index contributed by atoms with van der Waals surface area (Å²) in [6.07, 6.45) is 1.21. The fourth-order valence-electron chi connectivity index (χ4n) is 0.948. The molecule has 10 heteroatoms. The summed E-state index contributed by atoms with van der Waals surface area (Å²) in [6.45, 7) is 0.105. The van der Waals surface area contributed by atoms with Gasteiger partial charge < -0.3 is 15.0 Å². The van der Waals surface area contributed by atoms with Crippen LogP contribution in [-0.2, 0) is 16.2 Å². The minimum atomic E-state index is -0.710. The van der Waals surface area contributed by atoms with Gasteiger partial charge in [0.2, 0.25) is 0 Å². The molecule has 1 aromatic rings. The van der Waals surface area contributed by atoms with E-state index in [9.17, 15) is 14.9 Å². The molecular weight excluding hydrogens is 242 g/mol. The van der Waals surface area contributed by atoms with Crippen molar-refractivity contribution in [1.29, 1.82) is 0 Å². The lowest BCUT2D eigenvalue weighted by Crippen LogP contribution is -2.26. The van der Waals surface area contributed by atoms with Crippen LogP contribution in [0.1, 0.15) is 6.42 Å². The van der Waals surface area contributed by atoms with E-state index < -0.39 is 16.7 Å². The van der Waals surface area contributed by atoms with Gasteiger partial charge in [0.25, 0.3) is 0 Å². The molecule has 1 heterocycles. The maximum Gasteiger partial charge on any atom is 0.408 e. The number of hydrogen-bond acceptors (Lipinski definition) is 7. The lowest BCUT2D eigenvalue weighted by atomic mass is 10.4. The lowest BCUT2D eigenvalue weighted by Gasteiger charge is -1.98. The first-order chi connectivity index (χ1) is 7.54. The number of halogens is 1. The number of nitrogens with zero attached hydrogens (tertiary/aromatic N) is 3. The highest BCUT2D eigenvalue weighted by Gasteiger charge is 2.19. The Morgan fingerprint density at radius 1 is 1.81 bits per heavy atom. The molecule has 3 N–H and O–H groups in total. The topological polar surface area (TPSA) is 125 Å². The largest absolute Gasteiger partial charge is 0.408 e. The number of nitrogens with one attached hydrogen (secondary N) is 1. The molecule has 0 bridgehead atoms. The Hall–Kier alpha value is -1.71. The molecule has 0 radical (unpaired) electrons. The third-order valence-electron chi connectivity index (χ3n) is 1.59. The van der Waals surface area contributed by atoms with E-state index in [-0.39, 0.29) is 18.0 Å². The number of hydrazine groups is 1. The quantitative estimate of drug-likeness (QED) is 0.419. The lowest BCUT2D eigenvalue weighted by molar-refractivity contribution is -0.389. The molecule has 0 saturated heterocycles. The molecule has 0 aliphatic carbocycles. The van der Waals surface area contributed by atoms with E-state index in [4.69, 9.17) is 17.4 Å². The third kappa shape index (κ3) is 3.15. The van der Waals surface area contributed by atoms with Gasteiger partial charge in [-0.25, -0.2) is 5.84 Å². The van der Waals surface area contributed by atoms with Gasteiger partial charge in [0.05, 0.1) is 24.3 Å². The minimum Gasteiger partial charge on any atom is -0.358 e. The number of carbonyl (C=O) groups is 1. The van der Waals surface area contributed by atoms with E-state index in [0.29, 0.717) is 0 Å². The van der Waals surface area contributed by atoms with Crippen molar-refractivity contribution in [3.8, 4) is 0 Å². The van der Waals surface area contributed by atoms with Gasteiger partial charge >= 0.3 is 11.8 Å². The summed E-state index contributed by atoms with van der Waals surface area (Å²) in [5.41, 5.74) is 1.73. The van der Waals surface area contributed by atoms with Crippen molar-refractivity contribution in [3.05, 3.63) is 21.3 Å². The second-order valence-electron chi connectivity index (χ2n) is 2.66. The predicted molar refractivity (Wildman–Crippen MR) is 51.9 cm³/mol. The van der Waals surface area contributed by atoms with E-state index in [1.807, 2.05) is 0 Å². The van der Waals surface area contributed by atoms with Crippen LogP contribution in [0.5, 0.6) is 0 Å².